The summed E-state index contributed by atoms with van der Waals surface area (Å²) in [7, 11) is 0. The summed E-state index contributed by atoms with van der Waals surface area (Å²) in [6.07, 6.45) is 1.55. The maximum Gasteiger partial charge on any atom is 0.383 e. The number of rotatable bonds is 18. The SMILES string of the molecule is CCCCCCCCCCOc1c(OC(C)=O)c(=O)oc2cc(O[C@H]3O[C@H](COC(C)=O)[C@@H](OC(C)=O)[C@H](OC(C)=O)[C@@H]3OC(C)=O)ccc12. The van der Waals surface area contributed by atoms with Crippen molar-refractivity contribution in [2.75, 3.05) is 13.2 Å². The summed E-state index contributed by atoms with van der Waals surface area (Å²) in [5.41, 5.74) is -0.969. The third-order valence-corrected chi connectivity index (χ3v) is 7.48. The molecule has 0 spiro atoms. The van der Waals surface area contributed by atoms with E-state index in [1.165, 1.54) is 43.9 Å². The quantitative estimate of drug-likeness (QED) is 0.0897. The number of fused-ring (bicyclic) bond motifs is 1. The van der Waals surface area contributed by atoms with Crippen LogP contribution in [0.15, 0.2) is 27.4 Å². The Balaban J connectivity index is 1.93. The fourth-order valence-corrected chi connectivity index (χ4v) is 5.41. The molecule has 15 heteroatoms. The van der Waals surface area contributed by atoms with Gasteiger partial charge in [0.2, 0.25) is 12.4 Å². The molecular weight excluding hydrogens is 660 g/mol. The van der Waals surface area contributed by atoms with Gasteiger partial charge in [-0.2, -0.15) is 0 Å². The second-order valence-electron chi connectivity index (χ2n) is 11.8. The standard InChI is InChI=1S/C35H46O15/c1-7-8-9-10-11-12-13-14-17-42-29-26-16-15-25(18-27(26)49-34(41)32(29)46-23(5)39)48-35-33(47-24(6)40)31(45-22(4)38)30(44-21(3)37)28(50-35)19-43-20(2)36/h15-16,18,28,30-31,33,35H,7-14,17,19H2,1-6H3/t28-,30-,31+,33+,35+/m1/s1. The van der Waals surface area contributed by atoms with Gasteiger partial charge in [0.25, 0.3) is 5.75 Å². The first-order chi connectivity index (χ1) is 23.8. The number of unbranched alkanes of at least 4 members (excludes halogenated alkanes) is 7. The van der Waals surface area contributed by atoms with Gasteiger partial charge in [-0.15, -0.1) is 0 Å². The van der Waals surface area contributed by atoms with E-state index in [4.69, 9.17) is 42.3 Å². The fraction of sp³-hybridized carbons (Fsp3) is 0.600. The van der Waals surface area contributed by atoms with Crippen LogP contribution in [0.4, 0.5) is 0 Å². The molecule has 1 fully saturated rings. The number of carbonyl (C=O) groups excluding carboxylic acids is 5. The van der Waals surface area contributed by atoms with Crippen LogP contribution >= 0.6 is 0 Å². The molecule has 2 aromatic rings. The number of hydrogen-bond donors (Lipinski definition) is 0. The van der Waals surface area contributed by atoms with Crippen LogP contribution in [0.1, 0.15) is 92.9 Å². The van der Waals surface area contributed by atoms with Crippen molar-refractivity contribution in [2.24, 2.45) is 0 Å². The second kappa shape index (κ2) is 19.5. The highest BCUT2D eigenvalue weighted by Crippen LogP contribution is 2.37. The lowest BCUT2D eigenvalue weighted by molar-refractivity contribution is -0.288. The van der Waals surface area contributed by atoms with Gasteiger partial charge in [0.1, 0.15) is 24.0 Å². The van der Waals surface area contributed by atoms with Crippen molar-refractivity contribution in [3.8, 4) is 17.2 Å². The van der Waals surface area contributed by atoms with E-state index in [2.05, 4.69) is 6.92 Å². The van der Waals surface area contributed by atoms with Crippen molar-refractivity contribution < 1.29 is 66.3 Å². The van der Waals surface area contributed by atoms with Gasteiger partial charge in [-0.25, -0.2) is 4.79 Å². The minimum Gasteiger partial charge on any atom is -0.489 e. The van der Waals surface area contributed by atoms with E-state index in [1.807, 2.05) is 0 Å². The van der Waals surface area contributed by atoms with Crippen LogP contribution < -0.4 is 19.8 Å². The van der Waals surface area contributed by atoms with Crippen LogP contribution in [-0.2, 0) is 47.7 Å². The zero-order valence-electron chi connectivity index (χ0n) is 29.3. The maximum atomic E-state index is 13.0. The Morgan fingerprint density at radius 3 is 1.90 bits per heavy atom. The molecule has 0 radical (unpaired) electrons. The lowest BCUT2D eigenvalue weighted by Crippen LogP contribution is -2.63. The normalized spacial score (nSPS) is 20.0. The van der Waals surface area contributed by atoms with Crippen molar-refractivity contribution in [1.82, 2.24) is 0 Å². The van der Waals surface area contributed by atoms with Crippen LogP contribution in [0.3, 0.4) is 0 Å². The Bertz CT molecular complexity index is 1550. The average Bonchev–Trinajstić information content (AvgIpc) is 3.02. The Kier molecular flexibility index (Phi) is 15.5. The lowest BCUT2D eigenvalue weighted by atomic mass is 9.98. The molecule has 1 saturated heterocycles. The molecule has 3 rings (SSSR count). The molecule has 0 aliphatic carbocycles. The van der Waals surface area contributed by atoms with E-state index in [0.717, 1.165) is 53.9 Å². The van der Waals surface area contributed by atoms with E-state index in [0.29, 0.717) is 11.8 Å². The summed E-state index contributed by atoms with van der Waals surface area (Å²) < 4.78 is 50.0. The summed E-state index contributed by atoms with van der Waals surface area (Å²) in [5.74, 6) is -4.12. The second-order valence-corrected chi connectivity index (χ2v) is 11.8. The highest BCUT2D eigenvalue weighted by atomic mass is 16.7. The monoisotopic (exact) mass is 706 g/mol. The zero-order valence-corrected chi connectivity index (χ0v) is 29.3. The van der Waals surface area contributed by atoms with Gasteiger partial charge in [0.15, 0.2) is 18.0 Å². The number of carbonyl (C=O) groups is 5. The molecule has 50 heavy (non-hydrogen) atoms. The van der Waals surface area contributed by atoms with E-state index >= 15 is 0 Å². The first-order valence-corrected chi connectivity index (χ1v) is 16.7. The number of benzene rings is 1. The Morgan fingerprint density at radius 2 is 1.30 bits per heavy atom. The van der Waals surface area contributed by atoms with Gasteiger partial charge in [-0.05, 0) is 18.6 Å². The van der Waals surface area contributed by atoms with Gasteiger partial charge in [0.05, 0.1) is 12.0 Å². The molecule has 0 unspecified atom stereocenters. The molecule has 1 aliphatic heterocycles. The third kappa shape index (κ3) is 12.0. The van der Waals surface area contributed by atoms with Crippen molar-refractivity contribution in [2.45, 2.75) is 124 Å². The largest absolute Gasteiger partial charge is 0.489 e. The smallest absolute Gasteiger partial charge is 0.383 e. The van der Waals surface area contributed by atoms with E-state index in [1.54, 1.807) is 0 Å². The van der Waals surface area contributed by atoms with E-state index in [9.17, 15) is 28.8 Å². The fourth-order valence-electron chi connectivity index (χ4n) is 5.41. The van der Waals surface area contributed by atoms with Crippen LogP contribution in [-0.4, -0.2) is 73.8 Å². The molecule has 1 aromatic carbocycles. The molecule has 0 saturated carbocycles. The highest BCUT2D eigenvalue weighted by molar-refractivity contribution is 5.87. The minimum absolute atomic E-state index is 0.0000366. The van der Waals surface area contributed by atoms with Crippen LogP contribution in [0, 0.1) is 0 Å². The first-order valence-electron chi connectivity index (χ1n) is 16.7. The predicted octanol–water partition coefficient (Wildman–Crippen LogP) is 4.70. The average molecular weight is 707 g/mol. The zero-order chi connectivity index (χ0) is 36.8. The summed E-state index contributed by atoms with van der Waals surface area (Å²) in [6, 6.07) is 4.32. The number of esters is 5. The van der Waals surface area contributed by atoms with Crippen molar-refractivity contribution in [3.63, 3.8) is 0 Å². The number of hydrogen-bond acceptors (Lipinski definition) is 15. The molecule has 276 valence electrons. The molecular formula is C35H46O15. The topological polar surface area (TPSA) is 189 Å². The Hall–Kier alpha value is -4.66. The van der Waals surface area contributed by atoms with Gasteiger partial charge in [0, 0.05) is 40.7 Å². The highest BCUT2D eigenvalue weighted by Gasteiger charge is 2.53. The Labute approximate surface area is 289 Å². The minimum atomic E-state index is -1.52. The molecule has 1 aromatic heterocycles. The molecule has 0 amide bonds. The molecule has 0 bridgehead atoms. The predicted molar refractivity (Wildman–Crippen MR) is 174 cm³/mol. The molecule has 1 aliphatic rings. The summed E-state index contributed by atoms with van der Waals surface area (Å²) in [4.78, 5) is 72.8. The summed E-state index contributed by atoms with van der Waals surface area (Å²) in [5, 5.41) is 0.300. The van der Waals surface area contributed by atoms with Gasteiger partial charge in [-0.3, -0.25) is 24.0 Å². The Morgan fingerprint density at radius 1 is 0.700 bits per heavy atom. The third-order valence-electron chi connectivity index (χ3n) is 7.48. The molecule has 2 heterocycles. The van der Waals surface area contributed by atoms with Crippen LogP contribution in [0.25, 0.3) is 11.0 Å². The van der Waals surface area contributed by atoms with E-state index < -0.39 is 78.5 Å². The first kappa shape index (κ1) is 39.8. The van der Waals surface area contributed by atoms with Crippen molar-refractivity contribution >= 4 is 40.8 Å². The maximum absolute atomic E-state index is 13.0. The molecule has 0 N–H and O–H groups in total. The number of ether oxygens (including phenoxy) is 8. The molecule has 15 nitrogen and oxygen atoms in total. The van der Waals surface area contributed by atoms with Crippen molar-refractivity contribution in [3.05, 3.63) is 28.6 Å². The summed E-state index contributed by atoms with van der Waals surface area (Å²) in [6.45, 7) is 7.61. The lowest BCUT2D eigenvalue weighted by Gasteiger charge is -2.43. The van der Waals surface area contributed by atoms with Crippen LogP contribution in [0.2, 0.25) is 0 Å². The van der Waals surface area contributed by atoms with Crippen molar-refractivity contribution in [1.29, 1.82) is 0 Å². The van der Waals surface area contributed by atoms with E-state index in [-0.39, 0.29) is 23.7 Å². The summed E-state index contributed by atoms with van der Waals surface area (Å²) >= 11 is 0. The van der Waals surface area contributed by atoms with Gasteiger partial charge in [-0.1, -0.05) is 51.9 Å². The van der Waals surface area contributed by atoms with Gasteiger partial charge >= 0.3 is 35.5 Å². The van der Waals surface area contributed by atoms with Crippen LogP contribution in [0.5, 0.6) is 17.2 Å². The molecule has 5 atom stereocenters. The van der Waals surface area contributed by atoms with Gasteiger partial charge < -0.3 is 42.3 Å².